The summed E-state index contributed by atoms with van der Waals surface area (Å²) in [7, 11) is 0. The Bertz CT molecular complexity index is 393. The lowest BCUT2D eigenvalue weighted by Crippen LogP contribution is -2.26. The van der Waals surface area contributed by atoms with Crippen LogP contribution in [0.3, 0.4) is 0 Å². The van der Waals surface area contributed by atoms with E-state index >= 15 is 0 Å². The molecule has 0 saturated carbocycles. The number of thioether (sulfide) groups is 1. The van der Waals surface area contributed by atoms with Gasteiger partial charge in [0.2, 0.25) is 11.0 Å². The van der Waals surface area contributed by atoms with Gasteiger partial charge in [-0.1, -0.05) is 36.9 Å². The van der Waals surface area contributed by atoms with Gasteiger partial charge in [-0.3, -0.25) is 4.79 Å². The summed E-state index contributed by atoms with van der Waals surface area (Å²) in [6, 6.07) is 0.338. The lowest BCUT2D eigenvalue weighted by Gasteiger charge is -2.06. The summed E-state index contributed by atoms with van der Waals surface area (Å²) in [6.45, 7) is 9.14. The number of nitrogens with one attached hydrogen (secondary N) is 2. The molecule has 0 fully saturated rings. The lowest BCUT2D eigenvalue weighted by atomic mass is 10.1. The smallest absolute Gasteiger partial charge is 0.230 e. The number of aromatic nitrogens is 2. The number of nitrogens with zero attached hydrogens (tertiary/aromatic N) is 2. The van der Waals surface area contributed by atoms with Gasteiger partial charge in [-0.15, -0.1) is 10.2 Å². The van der Waals surface area contributed by atoms with Crippen LogP contribution in [0.5, 0.6) is 0 Å². The highest BCUT2D eigenvalue weighted by atomic mass is 32.2. The number of carbonyl (C=O) groups excluding carboxylic acids is 1. The molecule has 1 heterocycles. The Labute approximate surface area is 123 Å². The average Bonchev–Trinajstić information content (AvgIpc) is 2.72. The third kappa shape index (κ3) is 7.37. The average molecular weight is 302 g/mol. The molecule has 1 aromatic rings. The fraction of sp³-hybridized carbons (Fsp3) is 0.750. The minimum Gasteiger partial charge on any atom is -0.358 e. The van der Waals surface area contributed by atoms with Crippen LogP contribution in [-0.2, 0) is 4.79 Å². The van der Waals surface area contributed by atoms with Gasteiger partial charge in [0.1, 0.15) is 0 Å². The molecule has 5 nitrogen and oxygen atoms in total. The molecular formula is C12H22N4OS2. The van der Waals surface area contributed by atoms with E-state index in [0.29, 0.717) is 17.7 Å². The summed E-state index contributed by atoms with van der Waals surface area (Å²) in [5.74, 6) is 1.06. The number of rotatable bonds is 8. The van der Waals surface area contributed by atoms with Crippen LogP contribution < -0.4 is 10.6 Å². The summed E-state index contributed by atoms with van der Waals surface area (Å²) >= 11 is 2.91. The molecule has 1 rings (SSSR count). The van der Waals surface area contributed by atoms with Crippen LogP contribution in [0.2, 0.25) is 0 Å². The van der Waals surface area contributed by atoms with Crippen LogP contribution >= 0.6 is 23.1 Å². The molecular weight excluding hydrogens is 280 g/mol. The Morgan fingerprint density at radius 3 is 2.68 bits per heavy atom. The molecule has 0 radical (unpaired) electrons. The first-order valence-electron chi connectivity index (χ1n) is 6.47. The normalized spacial score (nSPS) is 11.1. The van der Waals surface area contributed by atoms with Gasteiger partial charge < -0.3 is 10.6 Å². The number of amides is 1. The minimum absolute atomic E-state index is 0.0548. The Morgan fingerprint density at radius 1 is 1.32 bits per heavy atom. The molecule has 2 N–H and O–H groups in total. The van der Waals surface area contributed by atoms with Gasteiger partial charge in [-0.05, 0) is 26.2 Å². The molecule has 0 aromatic carbocycles. The van der Waals surface area contributed by atoms with Gasteiger partial charge >= 0.3 is 0 Å². The Morgan fingerprint density at radius 2 is 2.05 bits per heavy atom. The number of hydrogen-bond donors (Lipinski definition) is 2. The third-order valence-electron chi connectivity index (χ3n) is 2.19. The first kappa shape index (κ1) is 16.2. The molecule has 1 amide bonds. The van der Waals surface area contributed by atoms with Crippen molar-refractivity contribution in [1.29, 1.82) is 0 Å². The van der Waals surface area contributed by atoms with Crippen LogP contribution in [0, 0.1) is 5.92 Å². The number of carbonyl (C=O) groups is 1. The topological polar surface area (TPSA) is 66.9 Å². The Kier molecular flexibility index (Phi) is 7.15. The van der Waals surface area contributed by atoms with Crippen molar-refractivity contribution in [1.82, 2.24) is 15.5 Å². The van der Waals surface area contributed by atoms with E-state index in [1.54, 1.807) is 0 Å². The van der Waals surface area contributed by atoms with E-state index in [2.05, 4.69) is 48.5 Å². The highest BCUT2D eigenvalue weighted by Crippen LogP contribution is 2.25. The molecule has 0 saturated heterocycles. The number of anilines is 1. The van der Waals surface area contributed by atoms with Crippen molar-refractivity contribution < 1.29 is 4.79 Å². The Balaban J connectivity index is 2.24. The first-order chi connectivity index (χ1) is 8.97. The van der Waals surface area contributed by atoms with Crippen molar-refractivity contribution in [2.45, 2.75) is 44.5 Å². The standard InChI is InChI=1S/C12H22N4OS2/c1-8(2)5-6-13-10(17)7-18-12-16-15-11(19-12)14-9(3)4/h8-9H,5-7H2,1-4H3,(H,13,17)(H,14,15). The van der Waals surface area contributed by atoms with E-state index in [4.69, 9.17) is 0 Å². The van der Waals surface area contributed by atoms with E-state index in [0.717, 1.165) is 22.4 Å². The van der Waals surface area contributed by atoms with Crippen molar-refractivity contribution >= 4 is 34.1 Å². The van der Waals surface area contributed by atoms with Crippen molar-refractivity contribution in [3.05, 3.63) is 0 Å². The van der Waals surface area contributed by atoms with Crippen molar-refractivity contribution in [2.24, 2.45) is 5.92 Å². The summed E-state index contributed by atoms with van der Waals surface area (Å²) in [6.07, 6.45) is 1.01. The van der Waals surface area contributed by atoms with E-state index in [1.807, 2.05) is 0 Å². The number of hydrogen-bond acceptors (Lipinski definition) is 6. The highest BCUT2D eigenvalue weighted by Gasteiger charge is 2.08. The fourth-order valence-electron chi connectivity index (χ4n) is 1.25. The zero-order valence-electron chi connectivity index (χ0n) is 11.9. The monoisotopic (exact) mass is 302 g/mol. The van der Waals surface area contributed by atoms with Gasteiger partial charge in [0.15, 0.2) is 4.34 Å². The highest BCUT2D eigenvalue weighted by molar-refractivity contribution is 8.01. The van der Waals surface area contributed by atoms with Crippen molar-refractivity contribution in [2.75, 3.05) is 17.6 Å². The largest absolute Gasteiger partial charge is 0.358 e. The zero-order chi connectivity index (χ0) is 14.3. The second-order valence-electron chi connectivity index (χ2n) is 4.99. The van der Waals surface area contributed by atoms with Crippen molar-refractivity contribution in [3.63, 3.8) is 0 Å². The molecule has 0 atom stereocenters. The predicted molar refractivity (Wildman–Crippen MR) is 81.9 cm³/mol. The van der Waals surface area contributed by atoms with Crippen molar-refractivity contribution in [3.8, 4) is 0 Å². The maximum absolute atomic E-state index is 11.6. The summed E-state index contributed by atoms with van der Waals surface area (Å²) < 4.78 is 0.821. The molecule has 7 heteroatoms. The molecule has 0 bridgehead atoms. The first-order valence-corrected chi connectivity index (χ1v) is 8.27. The van der Waals surface area contributed by atoms with E-state index in [1.165, 1.54) is 23.1 Å². The van der Waals surface area contributed by atoms with Crippen LogP contribution in [0.1, 0.15) is 34.1 Å². The lowest BCUT2D eigenvalue weighted by molar-refractivity contribution is -0.118. The second kappa shape index (κ2) is 8.37. The van der Waals surface area contributed by atoms with Gasteiger partial charge in [-0.2, -0.15) is 0 Å². The van der Waals surface area contributed by atoms with Crippen LogP contribution in [0.25, 0.3) is 0 Å². The predicted octanol–water partition coefficient (Wildman–Crippen LogP) is 2.61. The SMILES string of the molecule is CC(C)CCNC(=O)CSc1nnc(NC(C)C)s1. The van der Waals surface area contributed by atoms with Gasteiger partial charge in [0, 0.05) is 12.6 Å². The van der Waals surface area contributed by atoms with Crippen LogP contribution in [-0.4, -0.2) is 34.4 Å². The minimum atomic E-state index is 0.0548. The van der Waals surface area contributed by atoms with Gasteiger partial charge in [0.25, 0.3) is 0 Å². The van der Waals surface area contributed by atoms with E-state index in [9.17, 15) is 4.79 Å². The van der Waals surface area contributed by atoms with E-state index in [-0.39, 0.29) is 5.91 Å². The molecule has 0 aliphatic rings. The summed E-state index contributed by atoms with van der Waals surface area (Å²) in [4.78, 5) is 11.6. The second-order valence-corrected chi connectivity index (χ2v) is 7.19. The molecule has 1 aromatic heterocycles. The molecule has 0 aliphatic heterocycles. The quantitative estimate of drug-likeness (QED) is 0.723. The molecule has 0 unspecified atom stereocenters. The molecule has 0 spiro atoms. The zero-order valence-corrected chi connectivity index (χ0v) is 13.5. The fourth-order valence-corrected chi connectivity index (χ4v) is 2.98. The maximum atomic E-state index is 11.6. The third-order valence-corrected chi connectivity index (χ3v) is 4.18. The van der Waals surface area contributed by atoms with Gasteiger partial charge in [0.05, 0.1) is 5.75 Å². The maximum Gasteiger partial charge on any atom is 0.230 e. The van der Waals surface area contributed by atoms with Crippen LogP contribution in [0.4, 0.5) is 5.13 Å². The molecule has 19 heavy (non-hydrogen) atoms. The Hall–Kier alpha value is -0.820. The van der Waals surface area contributed by atoms with Crippen LogP contribution in [0.15, 0.2) is 4.34 Å². The molecule has 108 valence electrons. The van der Waals surface area contributed by atoms with E-state index < -0.39 is 0 Å². The van der Waals surface area contributed by atoms with Gasteiger partial charge in [-0.25, -0.2) is 0 Å². The molecule has 0 aliphatic carbocycles. The summed E-state index contributed by atoms with van der Waals surface area (Å²) in [5, 5.41) is 15.0. The summed E-state index contributed by atoms with van der Waals surface area (Å²) in [5.41, 5.74) is 0.